The number of nitrogens with one attached hydrogen (secondary N) is 2. The molecule has 2 unspecified atom stereocenters. The fraction of sp³-hybridized carbons (Fsp3) is 0.727. The topological polar surface area (TPSA) is 95.3 Å². The normalized spacial score (nSPS) is 26.1. The standard InChI is InChI=1S/C11H18N4O3/c16-10(17)9-7-8(15-18-9)3-1-2-4-12-11-13-5-6-14-11/h5,9,11-12,14H,1-4,6-7H2,(H,16,17). The van der Waals surface area contributed by atoms with Gasteiger partial charge in [0, 0.05) is 19.2 Å². The van der Waals surface area contributed by atoms with E-state index in [-0.39, 0.29) is 6.29 Å². The molecule has 0 spiro atoms. The first-order chi connectivity index (χ1) is 8.75. The summed E-state index contributed by atoms with van der Waals surface area (Å²) in [5.74, 6) is -0.944. The zero-order chi connectivity index (χ0) is 12.8. The molecular weight excluding hydrogens is 236 g/mol. The molecule has 0 aliphatic carbocycles. The molecule has 0 amide bonds. The number of aliphatic carboxylic acids is 1. The number of oxime groups is 1. The van der Waals surface area contributed by atoms with Crippen molar-refractivity contribution in [3.63, 3.8) is 0 Å². The van der Waals surface area contributed by atoms with Crippen LogP contribution in [-0.2, 0) is 9.63 Å². The van der Waals surface area contributed by atoms with Crippen LogP contribution in [0.1, 0.15) is 25.7 Å². The molecule has 0 aromatic rings. The van der Waals surface area contributed by atoms with Crippen LogP contribution in [0.15, 0.2) is 10.1 Å². The van der Waals surface area contributed by atoms with Crippen LogP contribution in [-0.4, -0.2) is 48.5 Å². The summed E-state index contributed by atoms with van der Waals surface area (Å²) in [6.45, 7) is 1.70. The molecule has 7 nitrogen and oxygen atoms in total. The summed E-state index contributed by atoms with van der Waals surface area (Å²) < 4.78 is 0. The fourth-order valence-electron chi connectivity index (χ4n) is 1.90. The van der Waals surface area contributed by atoms with Crippen molar-refractivity contribution in [1.29, 1.82) is 0 Å². The van der Waals surface area contributed by atoms with Gasteiger partial charge in [-0.05, 0) is 25.8 Å². The van der Waals surface area contributed by atoms with Crippen LogP contribution in [0.4, 0.5) is 0 Å². The Morgan fingerprint density at radius 1 is 1.61 bits per heavy atom. The van der Waals surface area contributed by atoms with E-state index in [1.807, 2.05) is 6.21 Å². The molecule has 0 bridgehead atoms. The van der Waals surface area contributed by atoms with Crippen LogP contribution < -0.4 is 10.6 Å². The lowest BCUT2D eigenvalue weighted by atomic mass is 10.1. The van der Waals surface area contributed by atoms with E-state index in [4.69, 9.17) is 9.94 Å². The van der Waals surface area contributed by atoms with Crippen molar-refractivity contribution in [2.45, 2.75) is 38.1 Å². The van der Waals surface area contributed by atoms with Crippen LogP contribution in [0.2, 0.25) is 0 Å². The highest BCUT2D eigenvalue weighted by Crippen LogP contribution is 2.14. The first-order valence-corrected chi connectivity index (χ1v) is 6.18. The van der Waals surface area contributed by atoms with Gasteiger partial charge in [0.2, 0.25) is 6.10 Å². The van der Waals surface area contributed by atoms with Gasteiger partial charge in [-0.2, -0.15) is 0 Å². The number of nitrogens with zero attached hydrogens (tertiary/aromatic N) is 2. The second-order valence-corrected chi connectivity index (χ2v) is 4.35. The number of carboxylic acid groups (broad SMARTS) is 1. The van der Waals surface area contributed by atoms with E-state index < -0.39 is 12.1 Å². The molecule has 18 heavy (non-hydrogen) atoms. The Bertz CT molecular complexity index is 356. The molecule has 0 saturated carbocycles. The van der Waals surface area contributed by atoms with Gasteiger partial charge in [-0.3, -0.25) is 15.6 Å². The largest absolute Gasteiger partial charge is 0.478 e. The number of hydrogen-bond donors (Lipinski definition) is 3. The van der Waals surface area contributed by atoms with Crippen molar-refractivity contribution in [1.82, 2.24) is 10.6 Å². The Labute approximate surface area is 105 Å². The van der Waals surface area contributed by atoms with Gasteiger partial charge in [-0.25, -0.2) is 4.79 Å². The molecule has 0 radical (unpaired) electrons. The second-order valence-electron chi connectivity index (χ2n) is 4.35. The first-order valence-electron chi connectivity index (χ1n) is 6.18. The van der Waals surface area contributed by atoms with E-state index >= 15 is 0 Å². The average Bonchev–Trinajstić information content (AvgIpc) is 2.98. The van der Waals surface area contributed by atoms with E-state index in [0.717, 1.165) is 38.1 Å². The van der Waals surface area contributed by atoms with Gasteiger partial charge in [0.15, 0.2) is 6.29 Å². The lowest BCUT2D eigenvalue weighted by Gasteiger charge is -2.09. The maximum absolute atomic E-state index is 10.6. The van der Waals surface area contributed by atoms with Gasteiger partial charge >= 0.3 is 5.97 Å². The summed E-state index contributed by atoms with van der Waals surface area (Å²) in [4.78, 5) is 19.6. The molecule has 2 aliphatic rings. The number of carbonyl (C=O) groups is 1. The van der Waals surface area contributed by atoms with Crippen LogP contribution in [0, 0.1) is 0 Å². The minimum Gasteiger partial charge on any atom is -0.478 e. The quantitative estimate of drug-likeness (QED) is 0.553. The van der Waals surface area contributed by atoms with Crippen LogP contribution in [0.25, 0.3) is 0 Å². The summed E-state index contributed by atoms with van der Waals surface area (Å²) in [6, 6.07) is 0. The monoisotopic (exact) mass is 254 g/mol. The zero-order valence-electron chi connectivity index (χ0n) is 10.1. The molecule has 2 heterocycles. The van der Waals surface area contributed by atoms with Gasteiger partial charge in [0.05, 0.1) is 5.71 Å². The van der Waals surface area contributed by atoms with E-state index in [1.165, 1.54) is 0 Å². The van der Waals surface area contributed by atoms with Crippen molar-refractivity contribution in [2.75, 3.05) is 13.1 Å². The Morgan fingerprint density at radius 3 is 3.17 bits per heavy atom. The number of unbranched alkanes of at least 4 members (excludes halogenated alkanes) is 1. The van der Waals surface area contributed by atoms with Crippen LogP contribution >= 0.6 is 0 Å². The van der Waals surface area contributed by atoms with Crippen molar-refractivity contribution in [3.8, 4) is 0 Å². The molecule has 7 heteroatoms. The predicted molar refractivity (Wildman–Crippen MR) is 66.7 cm³/mol. The maximum atomic E-state index is 10.6. The molecule has 2 rings (SSSR count). The molecule has 2 aliphatic heterocycles. The summed E-state index contributed by atoms with van der Waals surface area (Å²) >= 11 is 0. The third-order valence-electron chi connectivity index (χ3n) is 2.89. The van der Waals surface area contributed by atoms with E-state index in [2.05, 4.69) is 20.8 Å². The molecular formula is C11H18N4O3. The number of hydrogen-bond acceptors (Lipinski definition) is 6. The molecule has 0 saturated heterocycles. The highest BCUT2D eigenvalue weighted by atomic mass is 16.7. The van der Waals surface area contributed by atoms with Gasteiger partial charge in [-0.1, -0.05) is 5.16 Å². The van der Waals surface area contributed by atoms with Crippen LogP contribution in [0.5, 0.6) is 0 Å². The fourth-order valence-corrected chi connectivity index (χ4v) is 1.90. The molecule has 100 valence electrons. The second kappa shape index (κ2) is 6.46. The minimum atomic E-state index is -0.944. The Balaban J connectivity index is 1.51. The zero-order valence-corrected chi connectivity index (χ0v) is 10.1. The highest BCUT2D eigenvalue weighted by Gasteiger charge is 2.26. The lowest BCUT2D eigenvalue weighted by Crippen LogP contribution is -2.37. The van der Waals surface area contributed by atoms with Crippen molar-refractivity contribution >= 4 is 17.9 Å². The Morgan fingerprint density at radius 2 is 2.50 bits per heavy atom. The Hall–Kier alpha value is -1.47. The SMILES string of the molecule is O=C(O)C1CC(CCCCNC2N=CCN2)=NO1. The highest BCUT2D eigenvalue weighted by molar-refractivity contribution is 5.90. The van der Waals surface area contributed by atoms with Gasteiger partial charge in [0.25, 0.3) is 0 Å². The van der Waals surface area contributed by atoms with Gasteiger partial charge in [-0.15, -0.1) is 0 Å². The minimum absolute atomic E-state index is 0.0496. The summed E-state index contributed by atoms with van der Waals surface area (Å²) in [5, 5.41) is 19.0. The predicted octanol–water partition coefficient (Wildman–Crippen LogP) is -0.0666. The molecule has 0 aromatic carbocycles. The number of rotatable bonds is 7. The van der Waals surface area contributed by atoms with E-state index in [9.17, 15) is 4.79 Å². The average molecular weight is 254 g/mol. The summed E-state index contributed by atoms with van der Waals surface area (Å²) in [7, 11) is 0. The smallest absolute Gasteiger partial charge is 0.348 e. The third-order valence-corrected chi connectivity index (χ3v) is 2.89. The Kier molecular flexibility index (Phi) is 4.66. The lowest BCUT2D eigenvalue weighted by molar-refractivity contribution is -0.148. The van der Waals surface area contributed by atoms with Gasteiger partial charge < -0.3 is 9.94 Å². The molecule has 0 fully saturated rings. The molecule has 2 atom stereocenters. The van der Waals surface area contributed by atoms with Crippen molar-refractivity contribution in [2.24, 2.45) is 10.1 Å². The number of aliphatic imine (C=N–C) groups is 1. The van der Waals surface area contributed by atoms with Crippen LogP contribution in [0.3, 0.4) is 0 Å². The van der Waals surface area contributed by atoms with Gasteiger partial charge in [0.1, 0.15) is 0 Å². The molecule has 0 aromatic heterocycles. The van der Waals surface area contributed by atoms with Crippen molar-refractivity contribution < 1.29 is 14.7 Å². The first kappa shape index (κ1) is 13.0. The summed E-state index contributed by atoms with van der Waals surface area (Å²) in [6.07, 6.45) is 4.31. The third kappa shape index (κ3) is 3.78. The number of carboxylic acids is 1. The van der Waals surface area contributed by atoms with E-state index in [1.54, 1.807) is 0 Å². The van der Waals surface area contributed by atoms with Crippen molar-refractivity contribution in [3.05, 3.63) is 0 Å². The maximum Gasteiger partial charge on any atom is 0.348 e. The summed E-state index contributed by atoms with van der Waals surface area (Å²) in [5.41, 5.74) is 0.847. The molecule has 3 N–H and O–H groups in total. The van der Waals surface area contributed by atoms with E-state index in [0.29, 0.717) is 6.42 Å².